The lowest BCUT2D eigenvalue weighted by Crippen LogP contribution is -1.97. The maximum absolute atomic E-state index is 13.4. The predicted octanol–water partition coefficient (Wildman–Crippen LogP) is 6.05. The molecular formula is C16H16BrClFNO. The lowest BCUT2D eigenvalue weighted by molar-refractivity contribution is 0.477. The van der Waals surface area contributed by atoms with Gasteiger partial charge in [0, 0.05) is 17.2 Å². The number of halogens is 3. The molecule has 2 nitrogen and oxygen atoms in total. The second-order valence-electron chi connectivity index (χ2n) is 5.20. The monoisotopic (exact) mass is 371 g/mol. The fourth-order valence-corrected chi connectivity index (χ4v) is 2.73. The molecule has 0 radical (unpaired) electrons. The van der Waals surface area contributed by atoms with Crippen molar-refractivity contribution in [2.24, 2.45) is 0 Å². The van der Waals surface area contributed by atoms with Crippen LogP contribution in [0.2, 0.25) is 5.02 Å². The zero-order valence-corrected chi connectivity index (χ0v) is 14.3. The minimum absolute atomic E-state index is 0.246. The van der Waals surface area contributed by atoms with Gasteiger partial charge in [0.25, 0.3) is 0 Å². The number of nitrogen functional groups attached to an aromatic ring is 1. The Balaban J connectivity index is 2.44. The summed E-state index contributed by atoms with van der Waals surface area (Å²) in [7, 11) is 0. The van der Waals surface area contributed by atoms with E-state index in [1.54, 1.807) is 0 Å². The lowest BCUT2D eigenvalue weighted by Gasteiger charge is -2.15. The lowest BCUT2D eigenvalue weighted by atomic mass is 10.0. The van der Waals surface area contributed by atoms with E-state index in [1.807, 2.05) is 19.1 Å². The van der Waals surface area contributed by atoms with Crippen LogP contribution < -0.4 is 10.5 Å². The average molecular weight is 373 g/mol. The van der Waals surface area contributed by atoms with E-state index in [2.05, 4.69) is 29.8 Å². The van der Waals surface area contributed by atoms with Gasteiger partial charge in [0.1, 0.15) is 11.6 Å². The van der Waals surface area contributed by atoms with Crippen molar-refractivity contribution in [3.8, 4) is 11.5 Å². The average Bonchev–Trinajstić information content (AvgIpc) is 2.38. The van der Waals surface area contributed by atoms with Crippen molar-refractivity contribution in [2.75, 3.05) is 5.73 Å². The molecule has 0 spiro atoms. The Labute approximate surface area is 137 Å². The van der Waals surface area contributed by atoms with Crippen molar-refractivity contribution < 1.29 is 9.13 Å². The maximum Gasteiger partial charge on any atom is 0.151 e. The molecule has 0 bridgehead atoms. The summed E-state index contributed by atoms with van der Waals surface area (Å²) in [5.74, 6) is 0.921. The third kappa shape index (κ3) is 3.50. The molecule has 21 heavy (non-hydrogen) atoms. The van der Waals surface area contributed by atoms with Crippen molar-refractivity contribution in [1.82, 2.24) is 0 Å². The van der Waals surface area contributed by atoms with Crippen molar-refractivity contribution in [3.63, 3.8) is 0 Å². The minimum Gasteiger partial charge on any atom is -0.455 e. The molecule has 0 aliphatic carbocycles. The molecule has 2 aromatic rings. The van der Waals surface area contributed by atoms with Crippen LogP contribution in [0.25, 0.3) is 0 Å². The van der Waals surface area contributed by atoms with Gasteiger partial charge in [0.15, 0.2) is 5.75 Å². The van der Waals surface area contributed by atoms with Crippen molar-refractivity contribution >= 4 is 33.2 Å². The molecule has 0 saturated carbocycles. The molecule has 2 N–H and O–H groups in total. The van der Waals surface area contributed by atoms with Gasteiger partial charge in [-0.2, -0.15) is 0 Å². The third-order valence-corrected chi connectivity index (χ3v) is 4.12. The third-order valence-electron chi connectivity index (χ3n) is 3.19. The summed E-state index contributed by atoms with van der Waals surface area (Å²) in [6, 6.07) is 6.52. The van der Waals surface area contributed by atoms with E-state index in [0.29, 0.717) is 21.0 Å². The Kier molecular flexibility index (Phi) is 4.79. The van der Waals surface area contributed by atoms with Gasteiger partial charge in [-0.15, -0.1) is 0 Å². The van der Waals surface area contributed by atoms with Crippen LogP contribution >= 0.6 is 27.5 Å². The number of nitrogens with two attached hydrogens (primary N) is 1. The van der Waals surface area contributed by atoms with Crippen molar-refractivity contribution in [3.05, 3.63) is 50.7 Å². The predicted molar refractivity (Wildman–Crippen MR) is 88.9 cm³/mol. The summed E-state index contributed by atoms with van der Waals surface area (Å²) in [5.41, 5.74) is 7.94. The van der Waals surface area contributed by atoms with Gasteiger partial charge in [-0.25, -0.2) is 4.39 Å². The molecule has 0 amide bonds. The van der Waals surface area contributed by atoms with Crippen LogP contribution in [0.1, 0.15) is 30.9 Å². The number of rotatable bonds is 3. The van der Waals surface area contributed by atoms with Gasteiger partial charge in [-0.3, -0.25) is 0 Å². The van der Waals surface area contributed by atoms with Crippen LogP contribution in [0.3, 0.4) is 0 Å². The van der Waals surface area contributed by atoms with Gasteiger partial charge in [-0.1, -0.05) is 25.4 Å². The minimum atomic E-state index is -0.421. The van der Waals surface area contributed by atoms with Crippen LogP contribution in [0.15, 0.2) is 28.7 Å². The van der Waals surface area contributed by atoms with Gasteiger partial charge in [-0.05, 0) is 52.0 Å². The highest BCUT2D eigenvalue weighted by Crippen LogP contribution is 2.37. The Bertz CT molecular complexity index is 688. The van der Waals surface area contributed by atoms with Gasteiger partial charge < -0.3 is 10.5 Å². The van der Waals surface area contributed by atoms with E-state index in [4.69, 9.17) is 22.1 Å². The first-order chi connectivity index (χ1) is 9.79. The molecule has 112 valence electrons. The Morgan fingerprint density at radius 2 is 1.86 bits per heavy atom. The highest BCUT2D eigenvalue weighted by molar-refractivity contribution is 9.10. The summed E-state index contributed by atoms with van der Waals surface area (Å²) in [5, 5.41) is 0.711. The smallest absolute Gasteiger partial charge is 0.151 e. The van der Waals surface area contributed by atoms with E-state index in [1.165, 1.54) is 12.1 Å². The number of hydrogen-bond donors (Lipinski definition) is 1. The molecule has 2 aromatic carbocycles. The second-order valence-corrected chi connectivity index (χ2v) is 6.46. The first kappa shape index (κ1) is 16.1. The second kappa shape index (κ2) is 6.24. The van der Waals surface area contributed by atoms with Crippen LogP contribution in [0, 0.1) is 12.7 Å². The van der Waals surface area contributed by atoms with Crippen LogP contribution in [0.5, 0.6) is 11.5 Å². The van der Waals surface area contributed by atoms with Crippen molar-refractivity contribution in [1.29, 1.82) is 0 Å². The molecular weight excluding hydrogens is 357 g/mol. The normalized spacial score (nSPS) is 11.0. The summed E-state index contributed by atoms with van der Waals surface area (Å²) >= 11 is 9.37. The number of hydrogen-bond acceptors (Lipinski definition) is 2. The summed E-state index contributed by atoms with van der Waals surface area (Å²) in [6.07, 6.45) is 0. The maximum atomic E-state index is 13.4. The number of aryl methyl sites for hydroxylation is 1. The molecule has 0 fully saturated rings. The number of benzene rings is 2. The van der Waals surface area contributed by atoms with Crippen LogP contribution in [0.4, 0.5) is 10.1 Å². The largest absolute Gasteiger partial charge is 0.455 e. The Morgan fingerprint density at radius 1 is 1.19 bits per heavy atom. The molecule has 0 aliphatic heterocycles. The Morgan fingerprint density at radius 3 is 2.48 bits per heavy atom. The molecule has 5 heteroatoms. The summed E-state index contributed by atoms with van der Waals surface area (Å²) in [4.78, 5) is 0. The highest BCUT2D eigenvalue weighted by Gasteiger charge is 2.13. The van der Waals surface area contributed by atoms with Gasteiger partial charge >= 0.3 is 0 Å². The van der Waals surface area contributed by atoms with E-state index in [9.17, 15) is 4.39 Å². The van der Waals surface area contributed by atoms with Crippen molar-refractivity contribution in [2.45, 2.75) is 26.7 Å². The van der Waals surface area contributed by atoms with E-state index < -0.39 is 5.82 Å². The molecule has 0 aromatic heterocycles. The molecule has 2 rings (SSSR count). The fourth-order valence-electron chi connectivity index (χ4n) is 1.97. The molecule has 0 saturated heterocycles. The number of ether oxygens (including phenoxy) is 1. The summed E-state index contributed by atoms with van der Waals surface area (Å²) < 4.78 is 19.5. The standard InChI is InChI=1S/C16H16BrClFNO/c1-8(2)10-5-15(9(3)4-12(10)18)21-16-6-11(17)13(19)7-14(16)20/h4-8H,20H2,1-3H3. The highest BCUT2D eigenvalue weighted by atomic mass is 79.9. The van der Waals surface area contributed by atoms with Gasteiger partial charge in [0.05, 0.1) is 10.2 Å². The molecule has 0 heterocycles. The van der Waals surface area contributed by atoms with Crippen LogP contribution in [-0.4, -0.2) is 0 Å². The van der Waals surface area contributed by atoms with Gasteiger partial charge in [0.2, 0.25) is 0 Å². The quantitative estimate of drug-likeness (QED) is 0.666. The topological polar surface area (TPSA) is 35.2 Å². The zero-order chi connectivity index (χ0) is 15.7. The molecule has 0 unspecified atom stereocenters. The fraction of sp³-hybridized carbons (Fsp3) is 0.250. The van der Waals surface area contributed by atoms with E-state index in [-0.39, 0.29) is 11.6 Å². The Hall–Kier alpha value is -1.26. The molecule has 0 aliphatic rings. The number of anilines is 1. The van der Waals surface area contributed by atoms with Crippen LogP contribution in [-0.2, 0) is 0 Å². The summed E-state index contributed by atoms with van der Waals surface area (Å²) in [6.45, 7) is 6.02. The first-order valence-electron chi connectivity index (χ1n) is 6.52. The zero-order valence-electron chi connectivity index (χ0n) is 12.0. The van der Waals surface area contributed by atoms with E-state index >= 15 is 0 Å². The van der Waals surface area contributed by atoms with E-state index in [0.717, 1.165) is 11.1 Å². The SMILES string of the molecule is Cc1cc(Cl)c(C(C)C)cc1Oc1cc(Br)c(F)cc1N. The first-order valence-corrected chi connectivity index (χ1v) is 7.69. The molecule has 0 atom stereocenters.